The van der Waals surface area contributed by atoms with E-state index in [0.29, 0.717) is 17.6 Å². The number of nitrogen functional groups attached to an aromatic ring is 1. The van der Waals surface area contributed by atoms with Crippen LogP contribution >= 0.6 is 11.5 Å². The van der Waals surface area contributed by atoms with E-state index in [-0.39, 0.29) is 16.5 Å². The second-order valence-electron chi connectivity index (χ2n) is 5.46. The second kappa shape index (κ2) is 6.93. The fourth-order valence-electron chi connectivity index (χ4n) is 2.58. The van der Waals surface area contributed by atoms with Gasteiger partial charge >= 0.3 is 0 Å². The molecule has 1 saturated heterocycles. The zero-order valence-electron chi connectivity index (χ0n) is 12.6. The van der Waals surface area contributed by atoms with Crippen molar-refractivity contribution >= 4 is 32.2 Å². The number of hydrogen-bond acceptors (Lipinski definition) is 7. The molecule has 21 heavy (non-hydrogen) atoms. The van der Waals surface area contributed by atoms with Gasteiger partial charge in [-0.3, -0.25) is 4.90 Å². The minimum Gasteiger partial charge on any atom is -0.382 e. The van der Waals surface area contributed by atoms with Crippen molar-refractivity contribution in [2.75, 3.05) is 36.4 Å². The number of nitrogens with one attached hydrogen (secondary N) is 1. The fraction of sp³-hybridized carbons (Fsp3) is 0.769. The van der Waals surface area contributed by atoms with Gasteiger partial charge in [0, 0.05) is 12.6 Å². The normalized spacial score (nSPS) is 18.6. The third-order valence-electron chi connectivity index (χ3n) is 3.94. The van der Waals surface area contributed by atoms with Crippen LogP contribution in [0.3, 0.4) is 0 Å². The number of sulfone groups is 1. The molecule has 1 aromatic heterocycles. The number of anilines is 2. The first kappa shape index (κ1) is 16.5. The summed E-state index contributed by atoms with van der Waals surface area (Å²) in [5, 5.41) is 3.79. The molecule has 0 saturated carbocycles. The Kier molecular flexibility index (Phi) is 5.45. The molecule has 2 rings (SSSR count). The van der Waals surface area contributed by atoms with Gasteiger partial charge in [0.05, 0.1) is 5.75 Å². The standard InChI is InChI=1S/C13H24N4O2S2/c1-3-21(18,19)11-12(14)16-20-13(11)15-9-10(2)17-7-5-4-6-8-17/h10,15H,3-9H2,1-2H3,(H2,14,16). The molecule has 0 spiro atoms. The Morgan fingerprint density at radius 2 is 2.05 bits per heavy atom. The van der Waals surface area contributed by atoms with E-state index in [1.54, 1.807) is 6.92 Å². The molecule has 1 aromatic rings. The molecule has 8 heteroatoms. The molecular weight excluding hydrogens is 308 g/mol. The number of piperidine rings is 1. The Balaban J connectivity index is 2.03. The summed E-state index contributed by atoms with van der Waals surface area (Å²) in [5.74, 6) is 0.140. The summed E-state index contributed by atoms with van der Waals surface area (Å²) in [4.78, 5) is 2.61. The minimum atomic E-state index is -3.34. The zero-order chi connectivity index (χ0) is 15.5. The maximum atomic E-state index is 12.1. The van der Waals surface area contributed by atoms with E-state index in [0.717, 1.165) is 24.6 Å². The molecule has 1 unspecified atom stereocenters. The van der Waals surface area contributed by atoms with Gasteiger partial charge in [0.25, 0.3) is 0 Å². The Morgan fingerprint density at radius 3 is 2.67 bits per heavy atom. The molecule has 1 aliphatic heterocycles. The van der Waals surface area contributed by atoms with Gasteiger partial charge in [-0.15, -0.1) is 0 Å². The Morgan fingerprint density at radius 1 is 1.38 bits per heavy atom. The highest BCUT2D eigenvalue weighted by Crippen LogP contribution is 2.32. The quantitative estimate of drug-likeness (QED) is 0.826. The number of nitrogens with zero attached hydrogens (tertiary/aromatic N) is 2. The molecule has 0 aliphatic carbocycles. The number of nitrogens with two attached hydrogens (primary N) is 1. The van der Waals surface area contributed by atoms with Gasteiger partial charge in [0.15, 0.2) is 15.7 Å². The maximum Gasteiger partial charge on any atom is 0.184 e. The molecule has 1 fully saturated rings. The molecule has 0 amide bonds. The minimum absolute atomic E-state index is 0.0337. The highest BCUT2D eigenvalue weighted by molar-refractivity contribution is 7.91. The van der Waals surface area contributed by atoms with Crippen molar-refractivity contribution in [2.45, 2.75) is 44.0 Å². The molecule has 2 heterocycles. The van der Waals surface area contributed by atoms with Crippen LogP contribution in [0.15, 0.2) is 4.90 Å². The van der Waals surface area contributed by atoms with Crippen LogP contribution in [-0.2, 0) is 9.84 Å². The van der Waals surface area contributed by atoms with Gasteiger partial charge in [0.1, 0.15) is 9.90 Å². The topological polar surface area (TPSA) is 88.3 Å². The van der Waals surface area contributed by atoms with Crippen molar-refractivity contribution in [2.24, 2.45) is 0 Å². The van der Waals surface area contributed by atoms with Crippen molar-refractivity contribution in [1.29, 1.82) is 0 Å². The van der Waals surface area contributed by atoms with Crippen molar-refractivity contribution < 1.29 is 8.42 Å². The van der Waals surface area contributed by atoms with Gasteiger partial charge in [-0.1, -0.05) is 13.3 Å². The maximum absolute atomic E-state index is 12.1. The van der Waals surface area contributed by atoms with Gasteiger partial charge in [-0.05, 0) is 44.4 Å². The zero-order valence-corrected chi connectivity index (χ0v) is 14.3. The molecule has 3 N–H and O–H groups in total. The molecule has 1 aliphatic rings. The third-order valence-corrected chi connectivity index (χ3v) is 6.68. The summed E-state index contributed by atoms with van der Waals surface area (Å²) >= 11 is 1.12. The van der Waals surface area contributed by atoms with E-state index in [2.05, 4.69) is 21.5 Å². The van der Waals surface area contributed by atoms with Crippen LogP contribution in [0, 0.1) is 0 Å². The molecular formula is C13H24N4O2S2. The van der Waals surface area contributed by atoms with Crippen molar-refractivity contribution in [1.82, 2.24) is 9.27 Å². The largest absolute Gasteiger partial charge is 0.382 e. The summed E-state index contributed by atoms with van der Waals surface area (Å²) in [5.41, 5.74) is 5.72. The Hall–Kier alpha value is -0.860. The van der Waals surface area contributed by atoms with Crippen LogP contribution in [0.2, 0.25) is 0 Å². The summed E-state index contributed by atoms with van der Waals surface area (Å²) in [6.45, 7) is 6.72. The third kappa shape index (κ3) is 3.87. The predicted octanol–water partition coefficient (Wildman–Crippen LogP) is 1.81. The van der Waals surface area contributed by atoms with E-state index in [4.69, 9.17) is 5.73 Å². The lowest BCUT2D eigenvalue weighted by Gasteiger charge is -2.32. The molecule has 0 radical (unpaired) electrons. The molecule has 1 atom stereocenters. The fourth-order valence-corrected chi connectivity index (χ4v) is 4.75. The first-order valence-electron chi connectivity index (χ1n) is 7.41. The lowest BCUT2D eigenvalue weighted by molar-refractivity contribution is 0.180. The van der Waals surface area contributed by atoms with Gasteiger partial charge < -0.3 is 11.1 Å². The van der Waals surface area contributed by atoms with E-state index in [1.165, 1.54) is 19.3 Å². The van der Waals surface area contributed by atoms with Gasteiger partial charge in [0.2, 0.25) is 0 Å². The van der Waals surface area contributed by atoms with Crippen molar-refractivity contribution in [3.63, 3.8) is 0 Å². The van der Waals surface area contributed by atoms with Gasteiger partial charge in [-0.2, -0.15) is 4.37 Å². The average molecular weight is 332 g/mol. The first-order valence-corrected chi connectivity index (χ1v) is 9.84. The van der Waals surface area contributed by atoms with Crippen molar-refractivity contribution in [3.8, 4) is 0 Å². The highest BCUT2D eigenvalue weighted by Gasteiger charge is 2.24. The summed E-state index contributed by atoms with van der Waals surface area (Å²) in [7, 11) is -3.34. The van der Waals surface area contributed by atoms with E-state index < -0.39 is 9.84 Å². The lowest BCUT2D eigenvalue weighted by atomic mass is 10.1. The molecule has 0 bridgehead atoms. The first-order chi connectivity index (χ1) is 9.95. The average Bonchev–Trinajstić information content (AvgIpc) is 2.87. The molecule has 6 nitrogen and oxygen atoms in total. The van der Waals surface area contributed by atoms with Crippen LogP contribution < -0.4 is 11.1 Å². The summed E-state index contributed by atoms with van der Waals surface area (Å²) < 4.78 is 28.2. The van der Waals surface area contributed by atoms with E-state index >= 15 is 0 Å². The predicted molar refractivity (Wildman–Crippen MR) is 87.6 cm³/mol. The van der Waals surface area contributed by atoms with Crippen LogP contribution in [-0.4, -0.2) is 49.1 Å². The number of likely N-dealkylation sites (tertiary alicyclic amines) is 1. The number of rotatable bonds is 6. The lowest BCUT2D eigenvalue weighted by Crippen LogP contribution is -2.41. The van der Waals surface area contributed by atoms with E-state index in [9.17, 15) is 8.42 Å². The van der Waals surface area contributed by atoms with E-state index in [1.807, 2.05) is 0 Å². The van der Waals surface area contributed by atoms with Crippen LogP contribution in [0.5, 0.6) is 0 Å². The number of aromatic nitrogens is 1. The van der Waals surface area contributed by atoms with Crippen LogP contribution in [0.4, 0.5) is 10.8 Å². The van der Waals surface area contributed by atoms with Gasteiger partial charge in [-0.25, -0.2) is 8.42 Å². The molecule has 120 valence electrons. The number of hydrogen-bond donors (Lipinski definition) is 2. The Labute approximate surface area is 130 Å². The van der Waals surface area contributed by atoms with Crippen molar-refractivity contribution in [3.05, 3.63) is 0 Å². The molecule has 0 aromatic carbocycles. The highest BCUT2D eigenvalue weighted by atomic mass is 32.2. The smallest absolute Gasteiger partial charge is 0.184 e. The SMILES string of the molecule is CCS(=O)(=O)c1c(N)nsc1NCC(C)N1CCCCC1. The Bertz CT molecular complexity index is 565. The monoisotopic (exact) mass is 332 g/mol. The van der Waals surface area contributed by atoms with Crippen LogP contribution in [0.1, 0.15) is 33.1 Å². The van der Waals surface area contributed by atoms with Crippen LogP contribution in [0.25, 0.3) is 0 Å². The summed E-state index contributed by atoms with van der Waals surface area (Å²) in [6, 6.07) is 0.366. The summed E-state index contributed by atoms with van der Waals surface area (Å²) in [6.07, 6.45) is 3.79. The second-order valence-corrected chi connectivity index (χ2v) is 8.44.